The molecular weight excluding hydrogens is 288 g/mol. The van der Waals surface area contributed by atoms with Gasteiger partial charge in [0, 0.05) is 11.8 Å². The molecule has 0 aromatic carbocycles. The Balaban J connectivity index is 1.71. The van der Waals surface area contributed by atoms with E-state index in [1.54, 1.807) is 0 Å². The van der Waals surface area contributed by atoms with Gasteiger partial charge in [0.25, 0.3) is 0 Å². The molecule has 1 heterocycles. The molecule has 4 rings (SSSR count). The van der Waals surface area contributed by atoms with Crippen molar-refractivity contribution in [2.45, 2.75) is 82.4 Å². The average molecular weight is 314 g/mol. The zero-order valence-electron chi connectivity index (χ0n) is 13.3. The van der Waals surface area contributed by atoms with E-state index in [0.717, 1.165) is 19.3 Å². The Labute approximate surface area is 130 Å². The fourth-order valence-corrected chi connectivity index (χ4v) is 5.46. The second-order valence-corrected chi connectivity index (χ2v) is 8.37. The smallest absolute Gasteiger partial charge is 0.175 e. The summed E-state index contributed by atoms with van der Waals surface area (Å²) >= 11 is 0. The van der Waals surface area contributed by atoms with Crippen LogP contribution in [-0.4, -0.2) is 62.8 Å². The number of aliphatic hydroxyl groups excluding tert-OH is 4. The lowest BCUT2D eigenvalue weighted by Crippen LogP contribution is -2.62. The standard InChI is InChI=1S/C16H26O6/c1-14(2)7-4-5-15(14,3)16(6-7)21-12-10(19)8(17)9(18)11(20)13(12)22-16/h7-13,17-20H,4-6H2,1-3H3/t7-,8+,9+,10-,11-,12-,13+,15-,16?/m0/s1. The van der Waals surface area contributed by atoms with Gasteiger partial charge in [-0.15, -0.1) is 0 Å². The molecule has 3 saturated carbocycles. The number of ether oxygens (including phenoxy) is 2. The van der Waals surface area contributed by atoms with Gasteiger partial charge in [0.05, 0.1) is 0 Å². The molecule has 1 aliphatic heterocycles. The third kappa shape index (κ3) is 1.47. The molecule has 2 bridgehead atoms. The van der Waals surface area contributed by atoms with Gasteiger partial charge in [0.2, 0.25) is 0 Å². The quantitative estimate of drug-likeness (QED) is 0.493. The fourth-order valence-electron chi connectivity index (χ4n) is 5.46. The van der Waals surface area contributed by atoms with E-state index < -0.39 is 42.4 Å². The van der Waals surface area contributed by atoms with Crippen LogP contribution in [0.1, 0.15) is 40.0 Å². The summed E-state index contributed by atoms with van der Waals surface area (Å²) in [7, 11) is 0. The van der Waals surface area contributed by atoms with Gasteiger partial charge in [-0.3, -0.25) is 0 Å². The highest BCUT2D eigenvalue weighted by molar-refractivity contribution is 5.19. The second kappa shape index (κ2) is 4.23. The molecule has 1 unspecified atom stereocenters. The monoisotopic (exact) mass is 314 g/mol. The van der Waals surface area contributed by atoms with Gasteiger partial charge in [-0.1, -0.05) is 20.8 Å². The van der Waals surface area contributed by atoms with E-state index in [4.69, 9.17) is 9.47 Å². The lowest BCUT2D eigenvalue weighted by Gasteiger charge is -2.45. The second-order valence-electron chi connectivity index (χ2n) is 8.37. The summed E-state index contributed by atoms with van der Waals surface area (Å²) in [5.41, 5.74) is -0.162. The van der Waals surface area contributed by atoms with Gasteiger partial charge in [0.1, 0.15) is 36.6 Å². The average Bonchev–Trinajstić information content (AvgIpc) is 3.01. The first-order valence-corrected chi connectivity index (χ1v) is 8.22. The lowest BCUT2D eigenvalue weighted by atomic mass is 9.68. The molecule has 22 heavy (non-hydrogen) atoms. The Morgan fingerprint density at radius 2 is 1.32 bits per heavy atom. The zero-order valence-corrected chi connectivity index (χ0v) is 13.3. The normalized spacial score (nSPS) is 62.6. The molecule has 9 atom stereocenters. The number of rotatable bonds is 0. The number of aliphatic hydroxyl groups is 4. The van der Waals surface area contributed by atoms with Crippen LogP contribution < -0.4 is 0 Å². The summed E-state index contributed by atoms with van der Waals surface area (Å²) in [6.45, 7) is 6.61. The van der Waals surface area contributed by atoms with Crippen molar-refractivity contribution in [1.29, 1.82) is 0 Å². The van der Waals surface area contributed by atoms with Crippen molar-refractivity contribution in [2.75, 3.05) is 0 Å². The van der Waals surface area contributed by atoms with Crippen LogP contribution in [0.2, 0.25) is 0 Å². The molecule has 3 aliphatic carbocycles. The molecule has 1 saturated heterocycles. The highest BCUT2D eigenvalue weighted by Crippen LogP contribution is 2.72. The summed E-state index contributed by atoms with van der Waals surface area (Å²) in [5.74, 6) is -0.373. The molecule has 4 N–H and O–H groups in total. The lowest BCUT2D eigenvalue weighted by molar-refractivity contribution is -0.256. The van der Waals surface area contributed by atoms with E-state index >= 15 is 0 Å². The third-order valence-corrected chi connectivity index (χ3v) is 7.49. The molecule has 0 amide bonds. The van der Waals surface area contributed by atoms with Crippen molar-refractivity contribution in [2.24, 2.45) is 16.7 Å². The van der Waals surface area contributed by atoms with Crippen LogP contribution in [0.3, 0.4) is 0 Å². The maximum atomic E-state index is 10.2. The van der Waals surface area contributed by atoms with Crippen molar-refractivity contribution in [1.82, 2.24) is 0 Å². The maximum absolute atomic E-state index is 10.2. The molecular formula is C16H26O6. The number of hydrogen-bond donors (Lipinski definition) is 4. The molecule has 0 aromatic rings. The summed E-state index contributed by atoms with van der Waals surface area (Å²) < 4.78 is 12.4. The van der Waals surface area contributed by atoms with E-state index in [1.165, 1.54) is 0 Å². The van der Waals surface area contributed by atoms with Crippen LogP contribution in [-0.2, 0) is 9.47 Å². The number of fused-ring (bicyclic) bond motifs is 4. The Bertz CT molecular complexity index is 471. The van der Waals surface area contributed by atoms with Crippen molar-refractivity contribution in [3.8, 4) is 0 Å². The summed E-state index contributed by atoms with van der Waals surface area (Å²) in [6.07, 6.45) is -4.13. The summed E-state index contributed by atoms with van der Waals surface area (Å²) in [5, 5.41) is 40.3. The first kappa shape index (κ1) is 15.3. The molecule has 4 fully saturated rings. The van der Waals surface area contributed by atoms with Gasteiger partial charge >= 0.3 is 0 Å². The minimum Gasteiger partial charge on any atom is -0.387 e. The molecule has 6 heteroatoms. The van der Waals surface area contributed by atoms with Crippen LogP contribution in [0.15, 0.2) is 0 Å². The van der Waals surface area contributed by atoms with Gasteiger partial charge in [0.15, 0.2) is 5.79 Å². The molecule has 1 spiro atoms. The van der Waals surface area contributed by atoms with Crippen LogP contribution in [0.4, 0.5) is 0 Å². The minimum atomic E-state index is -1.42. The van der Waals surface area contributed by atoms with Crippen LogP contribution in [0.25, 0.3) is 0 Å². The molecule has 4 aliphatic rings. The van der Waals surface area contributed by atoms with Gasteiger partial charge < -0.3 is 29.9 Å². The Morgan fingerprint density at radius 3 is 1.68 bits per heavy atom. The van der Waals surface area contributed by atoms with E-state index in [2.05, 4.69) is 20.8 Å². The van der Waals surface area contributed by atoms with Crippen molar-refractivity contribution in [3.05, 3.63) is 0 Å². The predicted octanol–water partition coefficient (Wildman–Crippen LogP) is -0.230. The Morgan fingerprint density at radius 1 is 0.818 bits per heavy atom. The van der Waals surface area contributed by atoms with Crippen LogP contribution >= 0.6 is 0 Å². The largest absolute Gasteiger partial charge is 0.387 e. The molecule has 126 valence electrons. The Kier molecular flexibility index (Phi) is 2.94. The molecule has 0 radical (unpaired) electrons. The number of hydrogen-bond acceptors (Lipinski definition) is 6. The molecule has 6 nitrogen and oxygen atoms in total. The van der Waals surface area contributed by atoms with Crippen LogP contribution in [0.5, 0.6) is 0 Å². The van der Waals surface area contributed by atoms with Gasteiger partial charge in [-0.2, -0.15) is 0 Å². The SMILES string of the molecule is CC1(C)[C@H]2CC[C@]1(C)C1(C2)O[C@@H]2[C@@H](O)[C@H](O)[C@@H](O)[C@H](O)[C@@H]2O1. The third-order valence-electron chi connectivity index (χ3n) is 7.49. The summed E-state index contributed by atoms with van der Waals surface area (Å²) in [6, 6.07) is 0. The first-order chi connectivity index (χ1) is 10.1. The van der Waals surface area contributed by atoms with E-state index in [-0.39, 0.29) is 10.8 Å². The molecule has 0 aromatic heterocycles. The van der Waals surface area contributed by atoms with E-state index in [1.807, 2.05) is 0 Å². The van der Waals surface area contributed by atoms with Gasteiger partial charge in [-0.25, -0.2) is 0 Å². The topological polar surface area (TPSA) is 99.4 Å². The van der Waals surface area contributed by atoms with E-state index in [0.29, 0.717) is 5.92 Å². The Hall–Kier alpha value is -0.240. The maximum Gasteiger partial charge on any atom is 0.175 e. The van der Waals surface area contributed by atoms with Gasteiger partial charge in [-0.05, 0) is 24.2 Å². The van der Waals surface area contributed by atoms with Crippen molar-refractivity contribution in [3.63, 3.8) is 0 Å². The highest BCUT2D eigenvalue weighted by Gasteiger charge is 2.75. The van der Waals surface area contributed by atoms with E-state index in [9.17, 15) is 20.4 Å². The first-order valence-electron chi connectivity index (χ1n) is 8.22. The van der Waals surface area contributed by atoms with Crippen molar-refractivity contribution < 1.29 is 29.9 Å². The van der Waals surface area contributed by atoms with Crippen LogP contribution in [0, 0.1) is 16.7 Å². The highest BCUT2D eigenvalue weighted by atomic mass is 16.8. The van der Waals surface area contributed by atoms with Crippen molar-refractivity contribution >= 4 is 0 Å². The fraction of sp³-hybridized carbons (Fsp3) is 1.00. The zero-order chi connectivity index (χ0) is 16.1. The minimum absolute atomic E-state index is 0.0492. The predicted molar refractivity (Wildman–Crippen MR) is 75.7 cm³/mol. The summed E-state index contributed by atoms with van der Waals surface area (Å²) in [4.78, 5) is 0.